The molecule has 4 nitrogen and oxygen atoms in total. The summed E-state index contributed by atoms with van der Waals surface area (Å²) in [5, 5.41) is 14.1. The molecule has 1 saturated heterocycles. The summed E-state index contributed by atoms with van der Waals surface area (Å²) in [6.45, 7) is 4.09. The van der Waals surface area contributed by atoms with E-state index in [1.54, 1.807) is 11.3 Å². The molecular formula is C12H21N3OS. The Bertz CT molecular complexity index is 342. The maximum atomic E-state index is 5.71. The van der Waals surface area contributed by atoms with Crippen molar-refractivity contribution in [3.63, 3.8) is 0 Å². The van der Waals surface area contributed by atoms with Gasteiger partial charge in [-0.05, 0) is 32.9 Å². The minimum Gasteiger partial charge on any atom is -0.377 e. The summed E-state index contributed by atoms with van der Waals surface area (Å²) < 4.78 is 5.71. The molecule has 0 bridgehead atoms. The van der Waals surface area contributed by atoms with Crippen molar-refractivity contribution in [3.05, 3.63) is 10.0 Å². The van der Waals surface area contributed by atoms with Crippen molar-refractivity contribution in [2.75, 3.05) is 20.2 Å². The van der Waals surface area contributed by atoms with Crippen LogP contribution in [0, 0.1) is 0 Å². The Balaban J connectivity index is 1.93. The Morgan fingerprint density at radius 1 is 1.47 bits per heavy atom. The second-order valence-electron chi connectivity index (χ2n) is 4.45. The van der Waals surface area contributed by atoms with Gasteiger partial charge in [0.25, 0.3) is 0 Å². The molecule has 1 fully saturated rings. The summed E-state index contributed by atoms with van der Waals surface area (Å²) >= 11 is 1.77. The zero-order valence-electron chi connectivity index (χ0n) is 10.6. The van der Waals surface area contributed by atoms with Gasteiger partial charge in [-0.2, -0.15) is 0 Å². The monoisotopic (exact) mass is 255 g/mol. The van der Waals surface area contributed by atoms with Gasteiger partial charge in [0.2, 0.25) is 0 Å². The summed E-state index contributed by atoms with van der Waals surface area (Å²) in [6, 6.07) is 0. The minimum absolute atomic E-state index is 0.355. The van der Waals surface area contributed by atoms with E-state index in [-0.39, 0.29) is 0 Å². The zero-order chi connectivity index (χ0) is 12.1. The molecule has 1 aromatic rings. The Hall–Kier alpha value is -0.520. The smallest absolute Gasteiger partial charge is 0.123 e. The highest BCUT2D eigenvalue weighted by Gasteiger charge is 2.30. The van der Waals surface area contributed by atoms with E-state index in [0.717, 1.165) is 43.8 Å². The van der Waals surface area contributed by atoms with Crippen LogP contribution in [0.1, 0.15) is 42.1 Å². The first kappa shape index (κ1) is 12.9. The second-order valence-corrected chi connectivity index (χ2v) is 5.55. The summed E-state index contributed by atoms with van der Waals surface area (Å²) in [7, 11) is 1.98. The fourth-order valence-corrected chi connectivity index (χ4v) is 3.34. The van der Waals surface area contributed by atoms with Crippen molar-refractivity contribution in [3.8, 4) is 0 Å². The number of hydrogen-bond acceptors (Lipinski definition) is 5. The molecule has 1 aliphatic rings. The maximum Gasteiger partial charge on any atom is 0.123 e. The number of aryl methyl sites for hydroxylation is 1. The molecule has 2 rings (SSSR count). The molecule has 0 spiro atoms. The number of aromatic nitrogens is 2. The molecule has 1 N–H and O–H groups in total. The van der Waals surface area contributed by atoms with Crippen molar-refractivity contribution in [2.45, 2.75) is 44.6 Å². The predicted octanol–water partition coefficient (Wildman–Crippen LogP) is 1.97. The summed E-state index contributed by atoms with van der Waals surface area (Å²) in [5.41, 5.74) is 0. The second kappa shape index (κ2) is 6.42. The van der Waals surface area contributed by atoms with Crippen LogP contribution in [0.25, 0.3) is 0 Å². The lowest BCUT2D eigenvalue weighted by Crippen LogP contribution is -2.12. The van der Waals surface area contributed by atoms with Crippen molar-refractivity contribution in [2.24, 2.45) is 0 Å². The van der Waals surface area contributed by atoms with Gasteiger partial charge in [-0.3, -0.25) is 0 Å². The highest BCUT2D eigenvalue weighted by molar-refractivity contribution is 7.11. The van der Waals surface area contributed by atoms with Crippen LogP contribution < -0.4 is 5.32 Å². The van der Waals surface area contributed by atoms with Crippen molar-refractivity contribution in [1.82, 2.24) is 15.5 Å². The summed E-state index contributed by atoms with van der Waals surface area (Å²) in [6.07, 6.45) is 4.68. The van der Waals surface area contributed by atoms with Crippen molar-refractivity contribution >= 4 is 11.3 Å². The van der Waals surface area contributed by atoms with Crippen LogP contribution in [-0.2, 0) is 11.2 Å². The standard InChI is InChI=1S/C12H21N3OS/c1-3-10-9(6-8-16-10)12-15-14-11(17-12)5-4-7-13-2/h9-10,13H,3-8H2,1-2H3. The largest absolute Gasteiger partial charge is 0.377 e. The van der Waals surface area contributed by atoms with Crippen LogP contribution in [0.5, 0.6) is 0 Å². The van der Waals surface area contributed by atoms with E-state index in [1.165, 1.54) is 5.01 Å². The Morgan fingerprint density at radius 3 is 3.12 bits per heavy atom. The normalized spacial score (nSPS) is 24.4. The van der Waals surface area contributed by atoms with Gasteiger partial charge < -0.3 is 10.1 Å². The number of nitrogens with one attached hydrogen (secondary N) is 1. The molecule has 1 aliphatic heterocycles. The fourth-order valence-electron chi connectivity index (χ4n) is 2.27. The summed E-state index contributed by atoms with van der Waals surface area (Å²) in [5.74, 6) is 0.482. The molecule has 2 unspecified atom stereocenters. The van der Waals surface area contributed by atoms with Gasteiger partial charge in [0.15, 0.2) is 0 Å². The Kier molecular flexibility index (Phi) is 4.88. The van der Waals surface area contributed by atoms with E-state index in [0.29, 0.717) is 12.0 Å². The quantitative estimate of drug-likeness (QED) is 0.790. The van der Waals surface area contributed by atoms with E-state index < -0.39 is 0 Å². The molecule has 0 radical (unpaired) electrons. The van der Waals surface area contributed by atoms with E-state index in [2.05, 4.69) is 22.4 Å². The van der Waals surface area contributed by atoms with Crippen LogP contribution in [0.4, 0.5) is 0 Å². The van der Waals surface area contributed by atoms with Gasteiger partial charge in [0, 0.05) is 18.9 Å². The first-order valence-corrected chi connectivity index (χ1v) is 7.25. The molecule has 0 amide bonds. The Morgan fingerprint density at radius 2 is 2.35 bits per heavy atom. The maximum absolute atomic E-state index is 5.71. The van der Waals surface area contributed by atoms with E-state index in [1.807, 2.05) is 7.05 Å². The third kappa shape index (κ3) is 3.24. The molecule has 17 heavy (non-hydrogen) atoms. The molecular weight excluding hydrogens is 234 g/mol. The van der Waals surface area contributed by atoms with Gasteiger partial charge in [0.05, 0.1) is 6.10 Å². The molecule has 2 atom stereocenters. The van der Waals surface area contributed by atoms with Crippen LogP contribution >= 0.6 is 11.3 Å². The average Bonchev–Trinajstić information content (AvgIpc) is 2.96. The molecule has 0 aliphatic carbocycles. The van der Waals surface area contributed by atoms with Crippen molar-refractivity contribution < 1.29 is 4.74 Å². The van der Waals surface area contributed by atoms with E-state index >= 15 is 0 Å². The molecule has 1 aromatic heterocycles. The summed E-state index contributed by atoms with van der Waals surface area (Å²) in [4.78, 5) is 0. The number of nitrogens with zero attached hydrogens (tertiary/aromatic N) is 2. The molecule has 96 valence electrons. The third-order valence-electron chi connectivity index (χ3n) is 3.23. The first-order valence-electron chi connectivity index (χ1n) is 6.43. The van der Waals surface area contributed by atoms with Gasteiger partial charge in [-0.15, -0.1) is 21.5 Å². The lowest BCUT2D eigenvalue weighted by Gasteiger charge is -2.12. The number of rotatable bonds is 6. The van der Waals surface area contributed by atoms with E-state index in [4.69, 9.17) is 4.74 Å². The fraction of sp³-hybridized carbons (Fsp3) is 0.833. The van der Waals surface area contributed by atoms with Gasteiger partial charge in [-0.1, -0.05) is 6.92 Å². The van der Waals surface area contributed by atoms with Crippen molar-refractivity contribution in [1.29, 1.82) is 0 Å². The molecule has 0 aromatic carbocycles. The van der Waals surface area contributed by atoms with Gasteiger partial charge >= 0.3 is 0 Å². The third-order valence-corrected chi connectivity index (χ3v) is 4.34. The topological polar surface area (TPSA) is 47.0 Å². The predicted molar refractivity (Wildman–Crippen MR) is 69.5 cm³/mol. The van der Waals surface area contributed by atoms with E-state index in [9.17, 15) is 0 Å². The number of hydrogen-bond donors (Lipinski definition) is 1. The lowest BCUT2D eigenvalue weighted by molar-refractivity contribution is 0.100. The molecule has 0 saturated carbocycles. The lowest BCUT2D eigenvalue weighted by atomic mass is 10.0. The van der Waals surface area contributed by atoms with Crippen LogP contribution in [0.3, 0.4) is 0 Å². The number of ether oxygens (including phenoxy) is 1. The molecule has 5 heteroatoms. The van der Waals surface area contributed by atoms with Gasteiger partial charge in [0.1, 0.15) is 10.0 Å². The highest BCUT2D eigenvalue weighted by atomic mass is 32.1. The average molecular weight is 255 g/mol. The zero-order valence-corrected chi connectivity index (χ0v) is 11.4. The Labute approximate surface area is 107 Å². The van der Waals surface area contributed by atoms with Crippen LogP contribution in [0.2, 0.25) is 0 Å². The molecule has 2 heterocycles. The van der Waals surface area contributed by atoms with Gasteiger partial charge in [-0.25, -0.2) is 0 Å². The first-order chi connectivity index (χ1) is 8.35. The minimum atomic E-state index is 0.355. The van der Waals surface area contributed by atoms with Crippen LogP contribution in [0.15, 0.2) is 0 Å². The SMILES string of the molecule is CCC1OCCC1c1nnc(CCCNC)s1. The highest BCUT2D eigenvalue weighted by Crippen LogP contribution is 2.34. The van der Waals surface area contributed by atoms with Crippen LogP contribution in [-0.4, -0.2) is 36.5 Å².